The lowest BCUT2D eigenvalue weighted by Gasteiger charge is -2.32. The van der Waals surface area contributed by atoms with Crippen molar-refractivity contribution in [1.82, 2.24) is 10.2 Å². The van der Waals surface area contributed by atoms with Crippen LogP contribution in [0.15, 0.2) is 77.7 Å². The Bertz CT molecular complexity index is 1410. The van der Waals surface area contributed by atoms with E-state index in [-0.39, 0.29) is 29.1 Å². The van der Waals surface area contributed by atoms with Crippen LogP contribution in [0.25, 0.3) is 0 Å². The van der Waals surface area contributed by atoms with Crippen LogP contribution >= 0.6 is 23.2 Å². The van der Waals surface area contributed by atoms with Gasteiger partial charge in [0.25, 0.3) is 10.0 Å². The smallest absolute Gasteiger partial charge is 0.264 e. The van der Waals surface area contributed by atoms with E-state index in [4.69, 9.17) is 23.2 Å². The molecule has 2 amide bonds. The summed E-state index contributed by atoms with van der Waals surface area (Å²) in [6.07, 6.45) is 0.728. The van der Waals surface area contributed by atoms with Crippen LogP contribution in [0.1, 0.15) is 38.3 Å². The molecule has 39 heavy (non-hydrogen) atoms. The van der Waals surface area contributed by atoms with E-state index in [9.17, 15) is 18.0 Å². The lowest BCUT2D eigenvalue weighted by molar-refractivity contribution is -0.139. The average molecular weight is 591 g/mol. The van der Waals surface area contributed by atoms with Crippen molar-refractivity contribution in [1.29, 1.82) is 0 Å². The highest BCUT2D eigenvalue weighted by Gasteiger charge is 2.33. The Kier molecular flexibility index (Phi) is 10.4. The fourth-order valence-electron chi connectivity index (χ4n) is 3.91. The van der Waals surface area contributed by atoms with E-state index in [1.807, 2.05) is 45.0 Å². The van der Waals surface area contributed by atoms with E-state index in [0.717, 1.165) is 21.9 Å². The van der Waals surface area contributed by atoms with Crippen molar-refractivity contribution in [3.8, 4) is 0 Å². The van der Waals surface area contributed by atoms with Crippen molar-refractivity contribution in [2.75, 3.05) is 10.8 Å². The van der Waals surface area contributed by atoms with Gasteiger partial charge in [-0.3, -0.25) is 13.9 Å². The molecule has 0 saturated carbocycles. The van der Waals surface area contributed by atoms with Gasteiger partial charge in [-0.1, -0.05) is 60.5 Å². The Balaban J connectivity index is 2.04. The monoisotopic (exact) mass is 589 g/mol. The molecule has 3 aromatic carbocycles. The maximum Gasteiger partial charge on any atom is 0.264 e. The predicted molar refractivity (Wildman–Crippen MR) is 157 cm³/mol. The number of nitrogens with zero attached hydrogens (tertiary/aromatic N) is 2. The molecular formula is C29H33Cl2N3O4S. The number of hydrogen-bond donors (Lipinski definition) is 1. The first kappa shape index (κ1) is 30.5. The number of rotatable bonds is 11. The molecule has 0 spiro atoms. The lowest BCUT2D eigenvalue weighted by atomic mass is 10.1. The average Bonchev–Trinajstić information content (AvgIpc) is 2.90. The van der Waals surface area contributed by atoms with Crippen molar-refractivity contribution >= 4 is 50.7 Å². The topological polar surface area (TPSA) is 86.8 Å². The van der Waals surface area contributed by atoms with Crippen LogP contribution in [0, 0.1) is 6.92 Å². The highest BCUT2D eigenvalue weighted by atomic mass is 35.5. The van der Waals surface area contributed by atoms with Crippen LogP contribution in [0.5, 0.6) is 0 Å². The van der Waals surface area contributed by atoms with Crippen molar-refractivity contribution in [2.45, 2.75) is 57.6 Å². The van der Waals surface area contributed by atoms with Crippen molar-refractivity contribution < 1.29 is 18.0 Å². The van der Waals surface area contributed by atoms with Gasteiger partial charge >= 0.3 is 0 Å². The van der Waals surface area contributed by atoms with Crippen molar-refractivity contribution in [3.63, 3.8) is 0 Å². The molecule has 7 nitrogen and oxygen atoms in total. The second kappa shape index (κ2) is 13.3. The molecular weight excluding hydrogens is 557 g/mol. The van der Waals surface area contributed by atoms with Gasteiger partial charge in [-0.05, 0) is 80.8 Å². The summed E-state index contributed by atoms with van der Waals surface area (Å²) in [5, 5.41) is 3.62. The summed E-state index contributed by atoms with van der Waals surface area (Å²) in [6, 6.07) is 18.6. The number of halogens is 2. The number of carbonyl (C=O) groups is 2. The standard InChI is InChI=1S/C29H33Cl2N3O4S/c1-5-21(3)32-29(36)22(4)33(18-23-10-7-6-9-20(23)2)28(35)19-34(26-12-8-11-25(31)17-26)39(37,38)27-15-13-24(30)14-16-27/h6-17,21-22H,5,18-19H2,1-4H3,(H,32,36)/t21-,22+/m0/s1. The van der Waals surface area contributed by atoms with Crippen molar-refractivity contribution in [2.24, 2.45) is 0 Å². The van der Waals surface area contributed by atoms with Crippen molar-refractivity contribution in [3.05, 3.63) is 94.0 Å². The number of amides is 2. The molecule has 0 aliphatic rings. The van der Waals surface area contributed by atoms with Gasteiger partial charge < -0.3 is 10.2 Å². The Morgan fingerprint density at radius 3 is 2.21 bits per heavy atom. The first-order chi connectivity index (χ1) is 18.4. The maximum atomic E-state index is 13.9. The molecule has 0 radical (unpaired) electrons. The molecule has 0 heterocycles. The van der Waals surface area contributed by atoms with E-state index in [0.29, 0.717) is 10.0 Å². The van der Waals surface area contributed by atoms with E-state index in [1.54, 1.807) is 25.1 Å². The van der Waals surface area contributed by atoms with Gasteiger partial charge in [0, 0.05) is 22.6 Å². The Hall–Kier alpha value is -3.07. The minimum atomic E-state index is -4.20. The molecule has 0 aromatic heterocycles. The molecule has 0 bridgehead atoms. The number of benzene rings is 3. The summed E-state index contributed by atoms with van der Waals surface area (Å²) in [5.41, 5.74) is 2.02. The highest BCUT2D eigenvalue weighted by Crippen LogP contribution is 2.27. The maximum absolute atomic E-state index is 13.9. The summed E-state index contributed by atoms with van der Waals surface area (Å²) in [7, 11) is -4.20. The zero-order chi connectivity index (χ0) is 28.7. The predicted octanol–water partition coefficient (Wildman–Crippen LogP) is 5.83. The zero-order valence-corrected chi connectivity index (χ0v) is 24.7. The third kappa shape index (κ3) is 7.75. The summed E-state index contributed by atoms with van der Waals surface area (Å²) >= 11 is 12.2. The Morgan fingerprint density at radius 1 is 0.923 bits per heavy atom. The second-order valence-corrected chi connectivity index (χ2v) is 12.1. The molecule has 3 rings (SSSR count). The zero-order valence-electron chi connectivity index (χ0n) is 22.4. The minimum absolute atomic E-state index is 0.0345. The quantitative estimate of drug-likeness (QED) is 0.305. The number of hydrogen-bond acceptors (Lipinski definition) is 4. The van der Waals surface area contributed by atoms with E-state index < -0.39 is 28.5 Å². The van der Waals surface area contributed by atoms with Gasteiger partial charge in [0.1, 0.15) is 12.6 Å². The second-order valence-electron chi connectivity index (χ2n) is 9.39. The fraction of sp³-hybridized carbons (Fsp3) is 0.310. The molecule has 10 heteroatoms. The SMILES string of the molecule is CC[C@H](C)NC(=O)[C@@H](C)N(Cc1ccccc1C)C(=O)CN(c1cccc(Cl)c1)S(=O)(=O)c1ccc(Cl)cc1. The van der Waals surface area contributed by atoms with Crippen LogP contribution in [0.4, 0.5) is 5.69 Å². The first-order valence-corrected chi connectivity index (χ1v) is 14.8. The molecule has 3 aromatic rings. The molecule has 2 atom stereocenters. The van der Waals surface area contributed by atoms with Gasteiger partial charge in [-0.2, -0.15) is 0 Å². The Morgan fingerprint density at radius 2 is 1.59 bits per heavy atom. The Labute approximate surface area is 240 Å². The number of sulfonamides is 1. The largest absolute Gasteiger partial charge is 0.352 e. The third-order valence-corrected chi connectivity index (χ3v) is 8.82. The summed E-state index contributed by atoms with van der Waals surface area (Å²) in [6.45, 7) is 6.99. The van der Waals surface area contributed by atoms with Crippen LogP contribution in [-0.4, -0.2) is 43.8 Å². The van der Waals surface area contributed by atoms with E-state index >= 15 is 0 Å². The van der Waals surface area contributed by atoms with Crippen LogP contribution in [0.3, 0.4) is 0 Å². The normalized spacial score (nSPS) is 12.9. The first-order valence-electron chi connectivity index (χ1n) is 12.6. The van der Waals surface area contributed by atoms with Crippen LogP contribution in [-0.2, 0) is 26.2 Å². The molecule has 0 unspecified atom stereocenters. The minimum Gasteiger partial charge on any atom is -0.352 e. The number of carbonyl (C=O) groups excluding carboxylic acids is 2. The number of nitrogens with one attached hydrogen (secondary N) is 1. The summed E-state index contributed by atoms with van der Waals surface area (Å²) < 4.78 is 28.6. The lowest BCUT2D eigenvalue weighted by Crippen LogP contribution is -2.52. The fourth-order valence-corrected chi connectivity index (χ4v) is 5.63. The molecule has 0 fully saturated rings. The molecule has 0 aliphatic heterocycles. The molecule has 1 N–H and O–H groups in total. The van der Waals surface area contributed by atoms with E-state index in [2.05, 4.69) is 5.32 Å². The van der Waals surface area contributed by atoms with Crippen LogP contribution < -0.4 is 9.62 Å². The highest BCUT2D eigenvalue weighted by molar-refractivity contribution is 7.92. The third-order valence-electron chi connectivity index (χ3n) is 6.55. The van der Waals surface area contributed by atoms with Gasteiger partial charge in [0.05, 0.1) is 10.6 Å². The van der Waals surface area contributed by atoms with Gasteiger partial charge in [0.2, 0.25) is 11.8 Å². The molecule has 0 aliphatic carbocycles. The van der Waals surface area contributed by atoms with Gasteiger partial charge in [0.15, 0.2) is 0 Å². The summed E-state index contributed by atoms with van der Waals surface area (Å²) in [4.78, 5) is 28.4. The van der Waals surface area contributed by atoms with E-state index in [1.165, 1.54) is 35.2 Å². The number of aryl methyl sites for hydroxylation is 1. The van der Waals surface area contributed by atoms with Gasteiger partial charge in [-0.25, -0.2) is 8.42 Å². The summed E-state index contributed by atoms with van der Waals surface area (Å²) in [5.74, 6) is -0.858. The molecule has 0 saturated heterocycles. The van der Waals surface area contributed by atoms with Gasteiger partial charge in [-0.15, -0.1) is 0 Å². The number of anilines is 1. The van der Waals surface area contributed by atoms with Crippen LogP contribution in [0.2, 0.25) is 10.0 Å². The molecule has 208 valence electrons.